The summed E-state index contributed by atoms with van der Waals surface area (Å²) in [6.45, 7) is 4.74. The van der Waals surface area contributed by atoms with Gasteiger partial charge in [0.1, 0.15) is 11.5 Å². The summed E-state index contributed by atoms with van der Waals surface area (Å²) in [5.74, 6) is 0.994. The second kappa shape index (κ2) is 7.06. The average molecular weight is 422 g/mol. The minimum absolute atomic E-state index is 0.0152. The number of rotatable bonds is 2. The topological polar surface area (TPSA) is 107 Å². The largest absolute Gasteiger partial charge is 0.493 e. The lowest BCUT2D eigenvalue weighted by Gasteiger charge is -2.35. The van der Waals surface area contributed by atoms with Crippen LogP contribution in [-0.4, -0.2) is 37.2 Å². The maximum Gasteiger partial charge on any atom is 0.265 e. The van der Waals surface area contributed by atoms with Crippen LogP contribution in [0.2, 0.25) is 0 Å². The van der Waals surface area contributed by atoms with Crippen molar-refractivity contribution in [2.75, 3.05) is 12.4 Å². The number of nitrogens with two attached hydrogens (primary N) is 1. The predicted octanol–water partition coefficient (Wildman–Crippen LogP) is 2.71. The summed E-state index contributed by atoms with van der Waals surface area (Å²) < 4.78 is 36.5. The lowest BCUT2D eigenvalue weighted by molar-refractivity contribution is -0.128. The molecule has 29 heavy (non-hydrogen) atoms. The molecule has 2 bridgehead atoms. The van der Waals surface area contributed by atoms with Crippen LogP contribution in [0.5, 0.6) is 5.75 Å². The van der Waals surface area contributed by atoms with Crippen molar-refractivity contribution >= 4 is 15.9 Å². The van der Waals surface area contributed by atoms with E-state index >= 15 is 0 Å². The van der Waals surface area contributed by atoms with Crippen LogP contribution in [-0.2, 0) is 34.2 Å². The fraction of sp³-hybridized carbons (Fsp3) is 0.682. The summed E-state index contributed by atoms with van der Waals surface area (Å²) in [4.78, 5) is 11.9. The van der Waals surface area contributed by atoms with E-state index in [0.717, 1.165) is 44.5 Å². The number of carbonyl (C=O) groups excluding carboxylic acids is 1. The van der Waals surface area contributed by atoms with Gasteiger partial charge in [0.15, 0.2) is 0 Å². The molecule has 5 rings (SSSR count). The zero-order chi connectivity index (χ0) is 21.0. The molecule has 4 aliphatic rings. The third kappa shape index (κ3) is 3.62. The van der Waals surface area contributed by atoms with Crippen molar-refractivity contribution in [3.63, 3.8) is 0 Å². The molecule has 3 atom stereocenters. The Morgan fingerprint density at radius 2 is 1.90 bits per heavy atom. The predicted molar refractivity (Wildman–Crippen MR) is 111 cm³/mol. The summed E-state index contributed by atoms with van der Waals surface area (Å²) in [7, 11) is -4.08. The first-order valence-corrected chi connectivity index (χ1v) is 12.1. The average Bonchev–Trinajstić information content (AvgIpc) is 3.21. The van der Waals surface area contributed by atoms with E-state index in [1.54, 1.807) is 0 Å². The second-order valence-electron chi connectivity index (χ2n) is 9.72. The van der Waals surface area contributed by atoms with Crippen molar-refractivity contribution in [2.45, 2.75) is 64.8 Å². The highest BCUT2D eigenvalue weighted by Crippen LogP contribution is 2.64. The van der Waals surface area contributed by atoms with E-state index < -0.39 is 21.3 Å². The first kappa shape index (κ1) is 20.8. The van der Waals surface area contributed by atoms with Crippen molar-refractivity contribution < 1.29 is 22.5 Å². The molecule has 3 unspecified atom stereocenters. The van der Waals surface area contributed by atoms with E-state index in [4.69, 9.17) is 15.0 Å². The molecular formula is C22H31NO5S. The number of benzene rings is 1. The van der Waals surface area contributed by atoms with Crippen LogP contribution in [0.25, 0.3) is 0 Å². The molecule has 1 aromatic carbocycles. The number of Topliss-reactive ketones (excluding diaryl/α,β-unsaturated/α-hetero) is 1. The minimum atomic E-state index is -4.08. The third-order valence-corrected chi connectivity index (χ3v) is 8.70. The molecule has 0 aromatic heterocycles. The fourth-order valence-electron chi connectivity index (χ4n) is 5.89. The molecule has 1 aromatic rings. The molecule has 0 amide bonds. The number of aryl methyl sites for hydroxylation is 1. The van der Waals surface area contributed by atoms with Crippen molar-refractivity contribution in [1.82, 2.24) is 0 Å². The smallest absolute Gasteiger partial charge is 0.265 e. The van der Waals surface area contributed by atoms with Crippen LogP contribution >= 0.6 is 0 Å². The first-order valence-electron chi connectivity index (χ1n) is 10.5. The number of fused-ring (bicyclic) bond motifs is 4. The maximum absolute atomic E-state index is 11.9. The van der Waals surface area contributed by atoms with E-state index in [1.165, 1.54) is 16.7 Å². The standard InChI is InChI=1S/C12H15NO.C10H16O4S/c13-11-2-1-8-5-9-3-4-14-12(9)7-10(8)6-11;1-9(2)7-3-4-10(9,8(11)5-7)6-15(12,13)14/h5,7,11H,1-4,6,13H2;7H,3-6H2,1-2H3,(H,12,13,14). The Morgan fingerprint density at radius 3 is 2.52 bits per heavy atom. The van der Waals surface area contributed by atoms with Gasteiger partial charge in [0.05, 0.1) is 17.8 Å². The number of carbonyl (C=O) groups is 1. The van der Waals surface area contributed by atoms with Crippen molar-refractivity contribution in [2.24, 2.45) is 22.5 Å². The molecule has 0 spiro atoms. The number of ketones is 1. The molecule has 7 heteroatoms. The van der Waals surface area contributed by atoms with Gasteiger partial charge in [-0.3, -0.25) is 9.35 Å². The lowest BCUT2D eigenvalue weighted by atomic mass is 9.70. The highest BCUT2D eigenvalue weighted by Gasteiger charge is 2.65. The normalized spacial score (nSPS) is 31.5. The van der Waals surface area contributed by atoms with Gasteiger partial charge >= 0.3 is 0 Å². The number of hydrogen-bond acceptors (Lipinski definition) is 5. The zero-order valence-corrected chi connectivity index (χ0v) is 18.1. The van der Waals surface area contributed by atoms with Gasteiger partial charge in [-0.2, -0.15) is 8.42 Å². The third-order valence-electron chi connectivity index (χ3n) is 7.85. The van der Waals surface area contributed by atoms with Gasteiger partial charge in [-0.15, -0.1) is 0 Å². The van der Waals surface area contributed by atoms with Gasteiger partial charge < -0.3 is 10.5 Å². The van der Waals surface area contributed by atoms with Crippen LogP contribution < -0.4 is 10.5 Å². The highest BCUT2D eigenvalue weighted by atomic mass is 32.2. The van der Waals surface area contributed by atoms with E-state index in [9.17, 15) is 13.2 Å². The lowest BCUT2D eigenvalue weighted by Crippen LogP contribution is -2.42. The van der Waals surface area contributed by atoms with Gasteiger partial charge in [-0.05, 0) is 66.2 Å². The Morgan fingerprint density at radius 1 is 1.14 bits per heavy atom. The van der Waals surface area contributed by atoms with Gasteiger partial charge in [-0.25, -0.2) is 0 Å². The molecule has 6 nitrogen and oxygen atoms in total. The summed E-state index contributed by atoms with van der Waals surface area (Å²) >= 11 is 0. The first-order chi connectivity index (χ1) is 13.5. The Hall–Kier alpha value is -1.44. The minimum Gasteiger partial charge on any atom is -0.493 e. The number of ether oxygens (including phenoxy) is 1. The van der Waals surface area contributed by atoms with Gasteiger partial charge in [0.25, 0.3) is 10.1 Å². The van der Waals surface area contributed by atoms with Gasteiger partial charge in [0.2, 0.25) is 0 Å². The summed E-state index contributed by atoms with van der Waals surface area (Å²) in [5.41, 5.74) is 9.13. The Labute approximate surface area is 172 Å². The summed E-state index contributed by atoms with van der Waals surface area (Å²) in [5, 5.41) is 0. The van der Waals surface area contributed by atoms with E-state index in [-0.39, 0.29) is 17.1 Å². The fourth-order valence-corrected chi connectivity index (χ4v) is 7.19. The maximum atomic E-state index is 11.9. The van der Waals surface area contributed by atoms with Crippen molar-refractivity contribution in [1.29, 1.82) is 0 Å². The molecule has 3 aliphatic carbocycles. The van der Waals surface area contributed by atoms with Crippen LogP contribution in [0.3, 0.4) is 0 Å². The summed E-state index contributed by atoms with van der Waals surface area (Å²) in [6, 6.07) is 4.88. The van der Waals surface area contributed by atoms with Crippen molar-refractivity contribution in [3.8, 4) is 5.75 Å². The Balaban J connectivity index is 0.000000141. The monoisotopic (exact) mass is 421 g/mol. The summed E-state index contributed by atoms with van der Waals surface area (Å²) in [6.07, 6.45) is 6.34. The van der Waals surface area contributed by atoms with Crippen LogP contribution in [0.15, 0.2) is 12.1 Å². The molecule has 0 saturated heterocycles. The molecule has 3 N–H and O–H groups in total. The zero-order valence-electron chi connectivity index (χ0n) is 17.2. The second-order valence-corrected chi connectivity index (χ2v) is 11.2. The van der Waals surface area contributed by atoms with Gasteiger partial charge in [0, 0.05) is 18.9 Å². The molecule has 2 fully saturated rings. The van der Waals surface area contributed by atoms with Gasteiger partial charge in [-0.1, -0.05) is 19.9 Å². The molecule has 1 aliphatic heterocycles. The Bertz CT molecular complexity index is 939. The highest BCUT2D eigenvalue weighted by molar-refractivity contribution is 7.85. The quantitative estimate of drug-likeness (QED) is 0.711. The SMILES string of the molecule is CC1(C)C2CCC1(CS(=O)(=O)O)C(=O)C2.NC1CCc2cc3c(cc2C1)OCC3. The molecule has 160 valence electrons. The van der Waals surface area contributed by atoms with E-state index in [2.05, 4.69) is 12.1 Å². The molecule has 0 radical (unpaired) electrons. The molecule has 2 saturated carbocycles. The van der Waals surface area contributed by atoms with Crippen LogP contribution in [0.1, 0.15) is 56.2 Å². The molecule has 1 heterocycles. The van der Waals surface area contributed by atoms with Crippen LogP contribution in [0, 0.1) is 16.7 Å². The van der Waals surface area contributed by atoms with E-state index in [1.807, 2.05) is 13.8 Å². The Kier molecular flexibility index (Phi) is 5.07. The van der Waals surface area contributed by atoms with E-state index in [0.29, 0.717) is 18.9 Å². The number of hydrogen-bond donors (Lipinski definition) is 2. The molecular weight excluding hydrogens is 390 g/mol. The van der Waals surface area contributed by atoms with Crippen LogP contribution in [0.4, 0.5) is 0 Å². The van der Waals surface area contributed by atoms with Crippen molar-refractivity contribution in [3.05, 3.63) is 28.8 Å².